The molecule has 2 unspecified atom stereocenters. The van der Waals surface area contributed by atoms with E-state index in [4.69, 9.17) is 0 Å². The first-order valence-corrected chi connectivity index (χ1v) is 8.11. The fourth-order valence-electron chi connectivity index (χ4n) is 4.13. The van der Waals surface area contributed by atoms with Crippen molar-refractivity contribution in [2.45, 2.75) is 52.4 Å². The second kappa shape index (κ2) is 5.60. The van der Waals surface area contributed by atoms with Crippen LogP contribution in [0.3, 0.4) is 0 Å². The molecule has 2 aliphatic rings. The lowest BCUT2D eigenvalue weighted by Gasteiger charge is -2.27. The van der Waals surface area contributed by atoms with Gasteiger partial charge in [-0.1, -0.05) is 62.6 Å². The van der Waals surface area contributed by atoms with Crippen LogP contribution in [0, 0.1) is 11.8 Å². The van der Waals surface area contributed by atoms with Gasteiger partial charge in [-0.3, -0.25) is 0 Å². The molecule has 1 aromatic carbocycles. The third-order valence-electron chi connectivity index (χ3n) is 5.25. The van der Waals surface area contributed by atoms with Crippen LogP contribution >= 0.6 is 0 Å². The maximum Gasteiger partial charge on any atom is -0.00144 e. The topological polar surface area (TPSA) is 0 Å². The lowest BCUT2D eigenvalue weighted by molar-refractivity contribution is 0.282. The summed E-state index contributed by atoms with van der Waals surface area (Å²) >= 11 is 0. The lowest BCUT2D eigenvalue weighted by atomic mass is 9.78. The van der Waals surface area contributed by atoms with Crippen LogP contribution in [0.4, 0.5) is 0 Å². The first kappa shape index (κ1) is 13.7. The molecule has 0 aromatic heterocycles. The van der Waals surface area contributed by atoms with Gasteiger partial charge in [0, 0.05) is 0 Å². The maximum atomic E-state index is 4.43. The van der Waals surface area contributed by atoms with E-state index in [1.54, 1.807) is 0 Å². The van der Waals surface area contributed by atoms with Crippen molar-refractivity contribution in [3.05, 3.63) is 53.1 Å². The summed E-state index contributed by atoms with van der Waals surface area (Å²) in [4.78, 5) is 0. The third kappa shape index (κ3) is 2.61. The summed E-state index contributed by atoms with van der Waals surface area (Å²) in [5.41, 5.74) is 7.32. The zero-order chi connectivity index (χ0) is 14.1. The minimum atomic E-state index is 0.871. The van der Waals surface area contributed by atoms with E-state index in [0.717, 1.165) is 18.3 Å². The molecule has 0 radical (unpaired) electrons. The van der Waals surface area contributed by atoms with Gasteiger partial charge in [0.2, 0.25) is 0 Å². The molecule has 0 aliphatic heterocycles. The van der Waals surface area contributed by atoms with Crippen LogP contribution in [0.5, 0.6) is 0 Å². The molecule has 3 rings (SSSR count). The van der Waals surface area contributed by atoms with Gasteiger partial charge < -0.3 is 0 Å². The summed E-state index contributed by atoms with van der Waals surface area (Å²) in [6, 6.07) is 8.83. The SMILES string of the molecule is C=C(CC1CCCC(C)C1)C1=C(C)c2ccccc2C1. The fourth-order valence-corrected chi connectivity index (χ4v) is 4.13. The molecule has 0 saturated heterocycles. The Hall–Kier alpha value is -1.30. The Labute approximate surface area is 123 Å². The molecule has 0 heteroatoms. The molecule has 20 heavy (non-hydrogen) atoms. The molecule has 106 valence electrons. The van der Waals surface area contributed by atoms with Crippen molar-refractivity contribution in [3.63, 3.8) is 0 Å². The molecular formula is C20H26. The zero-order valence-corrected chi connectivity index (χ0v) is 12.9. The number of hydrogen-bond acceptors (Lipinski definition) is 0. The Bertz CT molecular complexity index is 547. The van der Waals surface area contributed by atoms with Gasteiger partial charge in [-0.2, -0.15) is 0 Å². The quantitative estimate of drug-likeness (QED) is 0.649. The van der Waals surface area contributed by atoms with Gasteiger partial charge in [-0.25, -0.2) is 0 Å². The average molecular weight is 266 g/mol. The number of fused-ring (bicyclic) bond motifs is 1. The maximum absolute atomic E-state index is 4.43. The van der Waals surface area contributed by atoms with Gasteiger partial charge in [0.1, 0.15) is 0 Å². The molecular weight excluding hydrogens is 240 g/mol. The van der Waals surface area contributed by atoms with Crippen molar-refractivity contribution < 1.29 is 0 Å². The molecule has 2 aliphatic carbocycles. The molecule has 0 nitrogen and oxygen atoms in total. The van der Waals surface area contributed by atoms with Gasteiger partial charge in [0.05, 0.1) is 0 Å². The van der Waals surface area contributed by atoms with E-state index >= 15 is 0 Å². The normalized spacial score (nSPS) is 25.7. The van der Waals surface area contributed by atoms with E-state index in [9.17, 15) is 0 Å². The van der Waals surface area contributed by atoms with Crippen molar-refractivity contribution in [1.82, 2.24) is 0 Å². The molecule has 0 spiro atoms. The zero-order valence-electron chi connectivity index (χ0n) is 12.9. The molecule has 0 N–H and O–H groups in total. The van der Waals surface area contributed by atoms with Crippen molar-refractivity contribution in [2.75, 3.05) is 0 Å². The Morgan fingerprint density at radius 2 is 2.05 bits per heavy atom. The predicted molar refractivity (Wildman–Crippen MR) is 87.6 cm³/mol. The van der Waals surface area contributed by atoms with Gasteiger partial charge in [0.15, 0.2) is 0 Å². The lowest BCUT2D eigenvalue weighted by Crippen LogP contribution is -2.14. The van der Waals surface area contributed by atoms with Gasteiger partial charge in [-0.15, -0.1) is 0 Å². The standard InChI is InChI=1S/C20H26/c1-14-7-6-8-17(11-14)12-15(2)20-13-18-9-4-5-10-19(18)16(20)3/h4-5,9-10,14,17H,2,6-8,11-13H2,1,3H3. The molecule has 0 heterocycles. The molecule has 0 amide bonds. The van der Waals surface area contributed by atoms with Gasteiger partial charge in [0.25, 0.3) is 0 Å². The summed E-state index contributed by atoms with van der Waals surface area (Å²) in [6.45, 7) is 9.11. The minimum Gasteiger partial charge on any atom is -0.0955 e. The molecule has 1 aromatic rings. The molecule has 0 bridgehead atoms. The second-order valence-corrected chi connectivity index (χ2v) is 6.88. The number of benzene rings is 1. The van der Waals surface area contributed by atoms with E-state index in [1.807, 2.05) is 0 Å². The summed E-state index contributed by atoms with van der Waals surface area (Å²) in [6.07, 6.45) is 7.96. The van der Waals surface area contributed by atoms with Crippen molar-refractivity contribution in [1.29, 1.82) is 0 Å². The summed E-state index contributed by atoms with van der Waals surface area (Å²) in [7, 11) is 0. The number of hydrogen-bond donors (Lipinski definition) is 0. The molecule has 1 saturated carbocycles. The first-order valence-electron chi connectivity index (χ1n) is 8.11. The van der Waals surface area contributed by atoms with E-state index in [2.05, 4.69) is 44.7 Å². The highest BCUT2D eigenvalue weighted by Crippen LogP contribution is 2.39. The summed E-state index contributed by atoms with van der Waals surface area (Å²) in [5.74, 6) is 1.78. The largest absolute Gasteiger partial charge is 0.0955 e. The monoisotopic (exact) mass is 266 g/mol. The first-order chi connectivity index (χ1) is 9.65. The van der Waals surface area contributed by atoms with Crippen LogP contribution in [0.2, 0.25) is 0 Å². The van der Waals surface area contributed by atoms with Crippen LogP contribution < -0.4 is 0 Å². The highest BCUT2D eigenvalue weighted by molar-refractivity contribution is 5.78. The van der Waals surface area contributed by atoms with Crippen LogP contribution in [-0.2, 0) is 6.42 Å². The Kier molecular flexibility index (Phi) is 3.83. The van der Waals surface area contributed by atoms with E-state index < -0.39 is 0 Å². The predicted octanol–water partition coefficient (Wildman–Crippen LogP) is 5.79. The minimum absolute atomic E-state index is 0.871. The van der Waals surface area contributed by atoms with Crippen molar-refractivity contribution in [2.24, 2.45) is 11.8 Å². The van der Waals surface area contributed by atoms with Crippen LogP contribution in [0.25, 0.3) is 5.57 Å². The summed E-state index contributed by atoms with van der Waals surface area (Å²) < 4.78 is 0. The van der Waals surface area contributed by atoms with Crippen LogP contribution in [0.15, 0.2) is 42.0 Å². The van der Waals surface area contributed by atoms with E-state index in [-0.39, 0.29) is 0 Å². The average Bonchev–Trinajstić information content (AvgIpc) is 2.77. The summed E-state index contributed by atoms with van der Waals surface area (Å²) in [5, 5.41) is 0. The molecule has 1 fully saturated rings. The van der Waals surface area contributed by atoms with E-state index in [0.29, 0.717) is 0 Å². The molecule has 2 atom stereocenters. The Morgan fingerprint density at radius 1 is 1.25 bits per heavy atom. The smallest absolute Gasteiger partial charge is 0.00144 e. The van der Waals surface area contributed by atoms with Crippen LogP contribution in [-0.4, -0.2) is 0 Å². The second-order valence-electron chi connectivity index (χ2n) is 6.88. The number of allylic oxidation sites excluding steroid dienone is 3. The van der Waals surface area contributed by atoms with Gasteiger partial charge >= 0.3 is 0 Å². The Morgan fingerprint density at radius 3 is 2.80 bits per heavy atom. The Balaban J connectivity index is 1.71. The number of rotatable bonds is 3. The fraction of sp³-hybridized carbons (Fsp3) is 0.500. The highest BCUT2D eigenvalue weighted by Gasteiger charge is 2.24. The highest BCUT2D eigenvalue weighted by atomic mass is 14.3. The third-order valence-corrected chi connectivity index (χ3v) is 5.25. The van der Waals surface area contributed by atoms with E-state index in [1.165, 1.54) is 60.0 Å². The van der Waals surface area contributed by atoms with Crippen LogP contribution in [0.1, 0.15) is 57.1 Å². The van der Waals surface area contributed by atoms with Gasteiger partial charge in [-0.05, 0) is 60.3 Å². The van der Waals surface area contributed by atoms with Crippen molar-refractivity contribution in [3.8, 4) is 0 Å². The van der Waals surface area contributed by atoms with Crippen molar-refractivity contribution >= 4 is 5.57 Å².